The number of carbonyl (C=O) groups excluding carboxylic acids is 1. The Morgan fingerprint density at radius 1 is 1.08 bits per heavy atom. The van der Waals surface area contributed by atoms with E-state index in [2.05, 4.69) is 4.72 Å². The van der Waals surface area contributed by atoms with Gasteiger partial charge in [0.15, 0.2) is 22.5 Å². The lowest BCUT2D eigenvalue weighted by Crippen LogP contribution is -2.31. The molecule has 2 atom stereocenters. The van der Waals surface area contributed by atoms with Gasteiger partial charge in [-0.05, 0) is 59.2 Å². The van der Waals surface area contributed by atoms with E-state index in [0.717, 1.165) is 22.0 Å². The summed E-state index contributed by atoms with van der Waals surface area (Å²) in [7, 11) is 0.0481. The molecule has 1 aliphatic rings. The van der Waals surface area contributed by atoms with Gasteiger partial charge in [0.05, 0.1) is 24.0 Å². The number of aliphatic hydroxyl groups is 2. The van der Waals surface area contributed by atoms with Crippen LogP contribution in [0.1, 0.15) is 22.6 Å². The van der Waals surface area contributed by atoms with Crippen molar-refractivity contribution in [2.45, 2.75) is 17.4 Å². The van der Waals surface area contributed by atoms with Gasteiger partial charge in [0.2, 0.25) is 12.7 Å². The molecule has 0 radical (unpaired) electrons. The molecule has 1 aromatic heterocycles. The summed E-state index contributed by atoms with van der Waals surface area (Å²) in [6, 6.07) is 17.4. The van der Waals surface area contributed by atoms with Crippen LogP contribution in [0.2, 0.25) is 0 Å². The summed E-state index contributed by atoms with van der Waals surface area (Å²) in [5.41, 5.74) is 3.00. The van der Waals surface area contributed by atoms with Crippen molar-refractivity contribution >= 4 is 27.8 Å². The van der Waals surface area contributed by atoms with Crippen molar-refractivity contribution in [2.24, 2.45) is 7.05 Å². The Hall–Kier alpha value is -3.86. The van der Waals surface area contributed by atoms with Gasteiger partial charge >= 0.3 is 0 Å². The van der Waals surface area contributed by atoms with Crippen LogP contribution in [0, 0.1) is 0 Å². The maximum atomic E-state index is 13.7. The molecule has 0 spiro atoms. The average molecular weight is 523 g/mol. The Labute approximate surface area is 215 Å². The van der Waals surface area contributed by atoms with Crippen molar-refractivity contribution in [2.75, 3.05) is 20.0 Å². The fourth-order valence-electron chi connectivity index (χ4n) is 4.39. The van der Waals surface area contributed by atoms with Gasteiger partial charge in [0.1, 0.15) is 12.4 Å². The minimum Gasteiger partial charge on any atom is -0.491 e. The lowest BCUT2D eigenvalue weighted by Gasteiger charge is -2.17. The van der Waals surface area contributed by atoms with Gasteiger partial charge in [-0.3, -0.25) is 9.52 Å². The van der Waals surface area contributed by atoms with Crippen molar-refractivity contribution in [3.63, 3.8) is 0 Å². The van der Waals surface area contributed by atoms with E-state index in [-0.39, 0.29) is 26.6 Å². The third-order valence-electron chi connectivity index (χ3n) is 6.16. The van der Waals surface area contributed by atoms with Crippen LogP contribution in [0.15, 0.2) is 71.8 Å². The van der Waals surface area contributed by atoms with Crippen LogP contribution in [0.4, 0.5) is 0 Å². The fourth-order valence-corrected chi connectivity index (χ4v) is 5.19. The number of carbonyl (C=O) groups is 1. The molecule has 0 aliphatic carbocycles. The Morgan fingerprint density at radius 2 is 1.86 bits per heavy atom. The predicted molar refractivity (Wildman–Crippen MR) is 137 cm³/mol. The number of aryl methyl sites for hydroxylation is 1. The number of fused-ring (bicyclic) bond motifs is 2. The lowest BCUT2D eigenvalue weighted by atomic mass is 9.90. The molecular weight excluding hydrogens is 496 g/mol. The standard InChI is InChI=1S/C27H26N2O7S/c1-29-14-22(21-8-2-17(15-31)12-23(21)29)26(18-3-9-24-25(13-18)36-16-35-24)27(32)28-37(33)20-6-4-19(5-7-20)34-11-10-30/h2-9,12-14,26,30-31H,10-11,15-16H2,1H3,(H,28,32). The Balaban J connectivity index is 1.50. The second-order valence-corrected chi connectivity index (χ2v) is 9.74. The summed E-state index contributed by atoms with van der Waals surface area (Å²) in [5.74, 6) is 0.418. The summed E-state index contributed by atoms with van der Waals surface area (Å²) in [6.07, 6.45) is 1.87. The fraction of sp³-hybridized carbons (Fsp3) is 0.222. The number of nitrogens with zero attached hydrogens (tertiary/aromatic N) is 1. The first-order valence-electron chi connectivity index (χ1n) is 11.6. The predicted octanol–water partition coefficient (Wildman–Crippen LogP) is 2.74. The average Bonchev–Trinajstić information content (AvgIpc) is 3.51. The van der Waals surface area contributed by atoms with Crippen LogP contribution < -0.4 is 18.9 Å². The summed E-state index contributed by atoms with van der Waals surface area (Å²) >= 11 is 0. The Kier molecular flexibility index (Phi) is 7.13. The monoisotopic (exact) mass is 522 g/mol. The second kappa shape index (κ2) is 10.6. The number of aromatic nitrogens is 1. The molecule has 0 bridgehead atoms. The molecule has 2 heterocycles. The molecule has 4 aromatic rings. The molecule has 3 aromatic carbocycles. The maximum absolute atomic E-state index is 13.7. The van der Waals surface area contributed by atoms with E-state index in [1.165, 1.54) is 0 Å². The van der Waals surface area contributed by atoms with Gasteiger partial charge in [0.25, 0.3) is 0 Å². The Bertz CT molecular complexity index is 1470. The molecule has 0 saturated carbocycles. The number of rotatable bonds is 9. The number of hydrogen-bond donors (Lipinski definition) is 3. The van der Waals surface area contributed by atoms with Crippen LogP contribution in [0.25, 0.3) is 10.9 Å². The van der Waals surface area contributed by atoms with Crippen LogP contribution in [0.5, 0.6) is 17.2 Å². The van der Waals surface area contributed by atoms with Crippen LogP contribution in [-0.4, -0.2) is 44.9 Å². The largest absolute Gasteiger partial charge is 0.491 e. The summed E-state index contributed by atoms with van der Waals surface area (Å²) in [4.78, 5) is 14.1. The number of hydrogen-bond acceptors (Lipinski definition) is 7. The minimum atomic E-state index is -1.83. The first-order valence-corrected chi connectivity index (χ1v) is 12.8. The zero-order chi connectivity index (χ0) is 25.9. The highest BCUT2D eigenvalue weighted by atomic mass is 32.2. The normalized spacial score (nSPS) is 13.9. The summed E-state index contributed by atoms with van der Waals surface area (Å²) in [6.45, 7) is 0.0584. The molecule has 2 unspecified atom stereocenters. The molecule has 5 rings (SSSR count). The first-order chi connectivity index (χ1) is 18.0. The molecular formula is C27H26N2O7S. The lowest BCUT2D eigenvalue weighted by molar-refractivity contribution is -0.119. The summed E-state index contributed by atoms with van der Waals surface area (Å²) < 4.78 is 34.0. The minimum absolute atomic E-state index is 0.0919. The second-order valence-electron chi connectivity index (χ2n) is 8.53. The third-order valence-corrected chi connectivity index (χ3v) is 7.25. The van der Waals surface area contributed by atoms with Gasteiger partial charge in [-0.15, -0.1) is 0 Å². The number of amides is 1. The number of aliphatic hydroxyl groups excluding tert-OH is 2. The van der Waals surface area contributed by atoms with Crippen LogP contribution in [-0.2, 0) is 29.4 Å². The smallest absolute Gasteiger partial charge is 0.244 e. The number of ether oxygens (including phenoxy) is 3. The molecule has 10 heteroatoms. The molecule has 0 saturated heterocycles. The molecule has 1 aliphatic heterocycles. The molecule has 37 heavy (non-hydrogen) atoms. The zero-order valence-electron chi connectivity index (χ0n) is 20.0. The highest BCUT2D eigenvalue weighted by Gasteiger charge is 2.29. The SMILES string of the molecule is Cn1cc(C(C(=O)NS(=O)c2ccc(OCCO)cc2)c2ccc3c(c2)OCO3)c2ccc(CO)cc21. The van der Waals surface area contributed by atoms with Crippen molar-refractivity contribution in [1.29, 1.82) is 0 Å². The van der Waals surface area contributed by atoms with Crippen LogP contribution in [0.3, 0.4) is 0 Å². The van der Waals surface area contributed by atoms with E-state index in [1.54, 1.807) is 42.5 Å². The highest BCUT2D eigenvalue weighted by Crippen LogP contribution is 2.39. The molecule has 1 amide bonds. The van der Waals surface area contributed by atoms with E-state index in [9.17, 15) is 14.1 Å². The number of nitrogens with one attached hydrogen (secondary N) is 1. The quantitative estimate of drug-likeness (QED) is 0.309. The van der Waals surface area contributed by atoms with E-state index in [0.29, 0.717) is 27.7 Å². The van der Waals surface area contributed by atoms with E-state index < -0.39 is 22.8 Å². The van der Waals surface area contributed by atoms with E-state index in [4.69, 9.17) is 19.3 Å². The van der Waals surface area contributed by atoms with Crippen LogP contribution >= 0.6 is 0 Å². The van der Waals surface area contributed by atoms with Crippen molar-refractivity contribution in [1.82, 2.24) is 9.29 Å². The zero-order valence-corrected chi connectivity index (χ0v) is 20.9. The van der Waals surface area contributed by atoms with Crippen molar-refractivity contribution < 1.29 is 33.4 Å². The maximum Gasteiger partial charge on any atom is 0.244 e. The summed E-state index contributed by atoms with van der Waals surface area (Å²) in [5, 5.41) is 19.3. The van der Waals surface area contributed by atoms with E-state index in [1.807, 2.05) is 36.0 Å². The molecule has 0 fully saturated rings. The first kappa shape index (κ1) is 24.8. The molecule has 192 valence electrons. The van der Waals surface area contributed by atoms with Gasteiger partial charge < -0.3 is 29.0 Å². The van der Waals surface area contributed by atoms with Gasteiger partial charge in [-0.2, -0.15) is 0 Å². The van der Waals surface area contributed by atoms with Gasteiger partial charge in [-0.25, -0.2) is 4.21 Å². The highest BCUT2D eigenvalue weighted by molar-refractivity contribution is 7.83. The van der Waals surface area contributed by atoms with Gasteiger partial charge in [0, 0.05) is 24.1 Å². The third kappa shape index (κ3) is 5.04. The molecule has 3 N–H and O–H groups in total. The number of benzene rings is 3. The topological polar surface area (TPSA) is 119 Å². The van der Waals surface area contributed by atoms with E-state index >= 15 is 0 Å². The molecule has 9 nitrogen and oxygen atoms in total. The van der Waals surface area contributed by atoms with Crippen molar-refractivity contribution in [3.8, 4) is 17.2 Å². The van der Waals surface area contributed by atoms with Crippen molar-refractivity contribution in [3.05, 3.63) is 83.6 Å². The Morgan fingerprint density at radius 3 is 2.62 bits per heavy atom. The van der Waals surface area contributed by atoms with Gasteiger partial charge in [-0.1, -0.05) is 18.2 Å².